The highest BCUT2D eigenvalue weighted by Gasteiger charge is 2.34. The number of benzene rings is 2. The van der Waals surface area contributed by atoms with Gasteiger partial charge in [-0.05, 0) is 43.2 Å². The second kappa shape index (κ2) is 11.0. The van der Waals surface area contributed by atoms with Gasteiger partial charge in [0, 0.05) is 25.7 Å². The molecule has 5 nitrogen and oxygen atoms in total. The van der Waals surface area contributed by atoms with Crippen LogP contribution < -0.4 is 10.6 Å². The van der Waals surface area contributed by atoms with Crippen LogP contribution >= 0.6 is 0 Å². The van der Waals surface area contributed by atoms with Crippen LogP contribution in [0.1, 0.15) is 36.2 Å². The first-order valence-electron chi connectivity index (χ1n) is 10.1. The number of nitrogens with one attached hydrogen (secondary N) is 2. The van der Waals surface area contributed by atoms with E-state index in [0.29, 0.717) is 25.2 Å². The highest BCUT2D eigenvalue weighted by Crippen LogP contribution is 2.31. The van der Waals surface area contributed by atoms with Gasteiger partial charge in [0.2, 0.25) is 0 Å². The van der Waals surface area contributed by atoms with Crippen molar-refractivity contribution >= 4 is 17.3 Å². The van der Waals surface area contributed by atoms with E-state index in [9.17, 15) is 18.0 Å². The third-order valence-electron chi connectivity index (χ3n) is 4.78. The Kier molecular flexibility index (Phi) is 8.68. The van der Waals surface area contributed by atoms with Crippen LogP contribution in [0.4, 0.5) is 24.5 Å². The maximum atomic E-state index is 14.5. The van der Waals surface area contributed by atoms with Gasteiger partial charge in [0.1, 0.15) is 5.82 Å². The van der Waals surface area contributed by atoms with Crippen LogP contribution in [0.15, 0.2) is 30.3 Å². The molecule has 1 unspecified atom stereocenters. The van der Waals surface area contributed by atoms with E-state index in [1.165, 1.54) is 18.2 Å². The number of amides is 1. The predicted molar refractivity (Wildman–Crippen MR) is 112 cm³/mol. The van der Waals surface area contributed by atoms with Crippen molar-refractivity contribution < 1.29 is 23.1 Å². The average molecular weight is 423 g/mol. The zero-order valence-corrected chi connectivity index (χ0v) is 17.4. The maximum absolute atomic E-state index is 14.5. The van der Waals surface area contributed by atoms with Gasteiger partial charge in [-0.15, -0.1) is 0 Å². The molecule has 164 valence electrons. The Morgan fingerprint density at radius 2 is 1.90 bits per heavy atom. The summed E-state index contributed by atoms with van der Waals surface area (Å²) in [5.41, 5.74) is 0.180. The number of likely N-dealkylation sites (tertiary alicyclic amines) is 1. The van der Waals surface area contributed by atoms with Crippen LogP contribution in [-0.4, -0.2) is 48.2 Å². The molecule has 0 radical (unpaired) electrons. The van der Waals surface area contributed by atoms with Crippen molar-refractivity contribution in [1.82, 2.24) is 10.2 Å². The van der Waals surface area contributed by atoms with Gasteiger partial charge in [0.25, 0.3) is 5.91 Å². The summed E-state index contributed by atoms with van der Waals surface area (Å²) in [6.45, 7) is 7.08. The first-order chi connectivity index (χ1) is 14.4. The van der Waals surface area contributed by atoms with Crippen molar-refractivity contribution in [3.05, 3.63) is 58.9 Å². The van der Waals surface area contributed by atoms with Crippen molar-refractivity contribution in [3.8, 4) is 0 Å². The van der Waals surface area contributed by atoms with Gasteiger partial charge in [-0.25, -0.2) is 13.2 Å². The van der Waals surface area contributed by atoms with Gasteiger partial charge in [-0.2, -0.15) is 0 Å². The molecule has 2 aromatic carbocycles. The van der Waals surface area contributed by atoms with Crippen molar-refractivity contribution in [3.63, 3.8) is 0 Å². The van der Waals surface area contributed by atoms with Crippen LogP contribution in [-0.2, 0) is 0 Å². The van der Waals surface area contributed by atoms with E-state index in [-0.39, 0.29) is 29.6 Å². The molecule has 1 amide bonds. The molecule has 8 heteroatoms. The summed E-state index contributed by atoms with van der Waals surface area (Å²) in [6, 6.07) is 6.29. The third kappa shape index (κ3) is 5.31. The molecule has 0 spiro atoms. The van der Waals surface area contributed by atoms with Crippen LogP contribution in [0.25, 0.3) is 0 Å². The summed E-state index contributed by atoms with van der Waals surface area (Å²) in [7, 11) is 0. The Morgan fingerprint density at radius 1 is 1.17 bits per heavy atom. The first-order valence-corrected chi connectivity index (χ1v) is 10.1. The number of aryl methyl sites for hydroxylation is 1. The van der Waals surface area contributed by atoms with Crippen LogP contribution in [0.2, 0.25) is 0 Å². The number of hydrogen-bond donors (Lipinski definition) is 3. The number of halogens is 3. The molecule has 1 saturated heterocycles. The Hall–Kier alpha value is -2.58. The number of nitrogens with zero attached hydrogens (tertiary/aromatic N) is 1. The Bertz CT molecular complexity index is 877. The fraction of sp³-hybridized carbons (Fsp3) is 0.409. The molecule has 3 rings (SSSR count). The van der Waals surface area contributed by atoms with Crippen LogP contribution in [0.3, 0.4) is 0 Å². The van der Waals surface area contributed by atoms with Crippen molar-refractivity contribution in [2.75, 3.05) is 31.6 Å². The summed E-state index contributed by atoms with van der Waals surface area (Å²) in [6.07, 6.45) is 0.767. The van der Waals surface area contributed by atoms with E-state index in [2.05, 4.69) is 10.6 Å². The smallest absolute Gasteiger partial charge is 0.256 e. The third-order valence-corrected chi connectivity index (χ3v) is 4.78. The number of hydrogen-bond acceptors (Lipinski definition) is 4. The summed E-state index contributed by atoms with van der Waals surface area (Å²) < 4.78 is 42.5. The summed E-state index contributed by atoms with van der Waals surface area (Å²) in [4.78, 5) is 14.5. The summed E-state index contributed by atoms with van der Waals surface area (Å²) in [5, 5.41) is 14.4. The van der Waals surface area contributed by atoms with E-state index >= 15 is 0 Å². The Morgan fingerprint density at radius 3 is 2.50 bits per heavy atom. The van der Waals surface area contributed by atoms with Gasteiger partial charge < -0.3 is 20.6 Å². The minimum atomic E-state index is -1.23. The molecule has 3 N–H and O–H groups in total. The van der Waals surface area contributed by atoms with E-state index in [0.717, 1.165) is 12.5 Å². The van der Waals surface area contributed by atoms with Gasteiger partial charge in [-0.3, -0.25) is 4.79 Å². The highest BCUT2D eigenvalue weighted by atomic mass is 19.2. The topological polar surface area (TPSA) is 64.6 Å². The summed E-state index contributed by atoms with van der Waals surface area (Å²) in [5.74, 6) is -3.45. The number of aliphatic hydroxyl groups is 1. The molecule has 1 aliphatic heterocycles. The molecule has 1 heterocycles. The maximum Gasteiger partial charge on any atom is 0.256 e. The van der Waals surface area contributed by atoms with Crippen molar-refractivity contribution in [2.24, 2.45) is 0 Å². The Labute approximate surface area is 174 Å². The highest BCUT2D eigenvalue weighted by molar-refractivity contribution is 6.01. The van der Waals surface area contributed by atoms with Gasteiger partial charge >= 0.3 is 0 Å². The molecular formula is C22H28F3N3O2. The number of carbonyl (C=O) groups excluding carboxylic acids is 1. The van der Waals surface area contributed by atoms with Gasteiger partial charge in [-0.1, -0.05) is 19.9 Å². The molecule has 1 fully saturated rings. The fourth-order valence-electron chi connectivity index (χ4n) is 3.13. The molecule has 2 aromatic rings. The second-order valence-corrected chi connectivity index (χ2v) is 6.76. The number of aliphatic hydroxyl groups excluding tert-OH is 1. The molecule has 30 heavy (non-hydrogen) atoms. The van der Waals surface area contributed by atoms with Crippen LogP contribution in [0.5, 0.6) is 0 Å². The van der Waals surface area contributed by atoms with Crippen molar-refractivity contribution in [2.45, 2.75) is 33.2 Å². The molecule has 1 aliphatic rings. The lowest BCUT2D eigenvalue weighted by molar-refractivity contribution is 0.0462. The van der Waals surface area contributed by atoms with E-state index in [1.54, 1.807) is 17.9 Å². The largest absolute Gasteiger partial charge is 0.395 e. The Balaban J connectivity index is 0.00000155. The minimum Gasteiger partial charge on any atom is -0.395 e. The standard InChI is InChI=1S/C20H22F3N3O2.C2H6/c1-12-2-5-17(16(22)10-12)25-19-14(3-4-15(21)18(19)23)20(28)26-8-6-13(26)11-24-7-9-27;1-2/h2-5,10,13,24-25,27H,6-9,11H2,1H3;1-2H3. The lowest BCUT2D eigenvalue weighted by atomic mass is 10.00. The monoisotopic (exact) mass is 423 g/mol. The SMILES string of the molecule is CC.Cc1ccc(Nc2c(C(=O)N3CCC3CNCCO)ccc(F)c2F)c(F)c1. The predicted octanol–water partition coefficient (Wildman–Crippen LogP) is 3.98. The normalized spacial score (nSPS) is 15.2. The van der Waals surface area contributed by atoms with Gasteiger partial charge in [0.05, 0.1) is 23.5 Å². The average Bonchev–Trinajstić information content (AvgIpc) is 2.71. The van der Waals surface area contributed by atoms with E-state index in [4.69, 9.17) is 5.11 Å². The second-order valence-electron chi connectivity index (χ2n) is 6.76. The zero-order valence-electron chi connectivity index (χ0n) is 17.4. The molecule has 0 bridgehead atoms. The quantitative estimate of drug-likeness (QED) is 0.590. The molecule has 0 saturated carbocycles. The van der Waals surface area contributed by atoms with Gasteiger partial charge in [0.15, 0.2) is 11.6 Å². The lowest BCUT2D eigenvalue weighted by Crippen LogP contribution is -2.55. The molecule has 1 atom stereocenters. The zero-order chi connectivity index (χ0) is 22.3. The number of rotatable bonds is 7. The van der Waals surface area contributed by atoms with Crippen molar-refractivity contribution in [1.29, 1.82) is 0 Å². The molecule has 0 aliphatic carbocycles. The summed E-state index contributed by atoms with van der Waals surface area (Å²) >= 11 is 0. The molecule has 0 aromatic heterocycles. The number of anilines is 2. The van der Waals surface area contributed by atoms with E-state index < -0.39 is 23.4 Å². The first kappa shape index (κ1) is 23.7. The number of carbonyl (C=O) groups is 1. The molecular weight excluding hydrogens is 395 g/mol. The fourth-order valence-corrected chi connectivity index (χ4v) is 3.13. The minimum absolute atomic E-state index is 0.0139. The van der Waals surface area contributed by atoms with E-state index in [1.807, 2.05) is 13.8 Å². The lowest BCUT2D eigenvalue weighted by Gasteiger charge is -2.41. The van der Waals surface area contributed by atoms with Crippen LogP contribution in [0, 0.1) is 24.4 Å².